The van der Waals surface area contributed by atoms with Crippen molar-refractivity contribution in [3.8, 4) is 0 Å². The molecule has 0 bridgehead atoms. The molecule has 0 radical (unpaired) electrons. The Hall–Kier alpha value is -2.34. The molecule has 0 aliphatic carbocycles. The lowest BCUT2D eigenvalue weighted by molar-refractivity contribution is -0.141. The van der Waals surface area contributed by atoms with Crippen LogP contribution in [0.3, 0.4) is 0 Å². The summed E-state index contributed by atoms with van der Waals surface area (Å²) in [6.45, 7) is 0. The molecule has 0 fully saturated rings. The number of carbonyl (C=O) groups is 2. The van der Waals surface area contributed by atoms with Gasteiger partial charge < -0.3 is 10.4 Å². The first-order chi connectivity index (χ1) is 10.6. The predicted octanol–water partition coefficient (Wildman–Crippen LogP) is 1.99. The molecule has 114 valence electrons. The van der Waals surface area contributed by atoms with Gasteiger partial charge in [0, 0.05) is 12.6 Å². The molecule has 2 N–H and O–H groups in total. The van der Waals surface area contributed by atoms with Crippen LogP contribution in [0.2, 0.25) is 0 Å². The minimum Gasteiger partial charge on any atom is -0.480 e. The number of nitrogens with one attached hydrogen (secondary N) is 1. The summed E-state index contributed by atoms with van der Waals surface area (Å²) in [7, 11) is 0. The number of benzene rings is 1. The summed E-state index contributed by atoms with van der Waals surface area (Å²) in [5, 5.41) is 12.5. The highest BCUT2D eigenvalue weighted by molar-refractivity contribution is 7.99. The molecule has 1 aromatic carbocycles. The molecule has 0 saturated heterocycles. The highest BCUT2D eigenvalue weighted by Gasteiger charge is 2.20. The molecular formula is C16H16N2O3S. The van der Waals surface area contributed by atoms with Crippen molar-refractivity contribution in [2.45, 2.75) is 17.5 Å². The van der Waals surface area contributed by atoms with Crippen LogP contribution in [0.1, 0.15) is 5.56 Å². The molecule has 1 atom stereocenters. The minimum atomic E-state index is -1.04. The van der Waals surface area contributed by atoms with Gasteiger partial charge in [-0.25, -0.2) is 9.78 Å². The lowest BCUT2D eigenvalue weighted by atomic mass is 10.1. The number of aliphatic carboxylic acids is 1. The van der Waals surface area contributed by atoms with Crippen molar-refractivity contribution in [3.05, 3.63) is 60.3 Å². The van der Waals surface area contributed by atoms with Gasteiger partial charge in [0.05, 0.1) is 10.8 Å². The average molecular weight is 316 g/mol. The van der Waals surface area contributed by atoms with Crippen molar-refractivity contribution in [2.75, 3.05) is 5.75 Å². The van der Waals surface area contributed by atoms with E-state index in [0.717, 1.165) is 10.6 Å². The average Bonchev–Trinajstić information content (AvgIpc) is 2.54. The summed E-state index contributed by atoms with van der Waals surface area (Å²) in [5.41, 5.74) is 0.868. The van der Waals surface area contributed by atoms with E-state index in [1.165, 1.54) is 11.8 Å². The monoisotopic (exact) mass is 316 g/mol. The molecule has 1 amide bonds. The van der Waals surface area contributed by atoms with E-state index in [9.17, 15) is 14.7 Å². The van der Waals surface area contributed by atoms with Crippen molar-refractivity contribution in [1.82, 2.24) is 10.3 Å². The molecule has 6 heteroatoms. The molecule has 0 saturated carbocycles. The number of nitrogens with zero attached hydrogens (tertiary/aromatic N) is 1. The summed E-state index contributed by atoms with van der Waals surface area (Å²) in [6, 6.07) is 13.7. The van der Waals surface area contributed by atoms with Gasteiger partial charge in [-0.2, -0.15) is 0 Å². The third-order valence-electron chi connectivity index (χ3n) is 2.90. The normalized spacial score (nSPS) is 11.6. The topological polar surface area (TPSA) is 79.3 Å². The molecule has 1 aromatic heterocycles. The fraction of sp³-hybridized carbons (Fsp3) is 0.188. The Labute approximate surface area is 132 Å². The second-order valence-corrected chi connectivity index (χ2v) is 5.60. The third kappa shape index (κ3) is 5.21. The number of amides is 1. The molecule has 0 aliphatic rings. The van der Waals surface area contributed by atoms with Gasteiger partial charge in [0.25, 0.3) is 0 Å². The standard InChI is InChI=1S/C16H16N2O3S/c19-14(11-22-15-8-4-5-9-17-15)18-13(16(20)21)10-12-6-2-1-3-7-12/h1-9,13H,10-11H2,(H,18,19)(H,20,21). The first-order valence-electron chi connectivity index (χ1n) is 6.75. The number of thioether (sulfide) groups is 1. The minimum absolute atomic E-state index is 0.135. The molecule has 1 unspecified atom stereocenters. The van der Waals surface area contributed by atoms with E-state index >= 15 is 0 Å². The number of aromatic nitrogens is 1. The van der Waals surface area contributed by atoms with Gasteiger partial charge in [-0.05, 0) is 17.7 Å². The maximum Gasteiger partial charge on any atom is 0.326 e. The van der Waals surface area contributed by atoms with Crippen LogP contribution in [0.15, 0.2) is 59.8 Å². The van der Waals surface area contributed by atoms with E-state index < -0.39 is 12.0 Å². The maximum absolute atomic E-state index is 11.9. The van der Waals surface area contributed by atoms with Crippen LogP contribution in [-0.4, -0.2) is 33.8 Å². The van der Waals surface area contributed by atoms with E-state index in [0.29, 0.717) is 0 Å². The number of hydrogen-bond donors (Lipinski definition) is 2. The van der Waals surface area contributed by atoms with Crippen LogP contribution in [0.25, 0.3) is 0 Å². The Bertz CT molecular complexity index is 620. The summed E-state index contributed by atoms with van der Waals surface area (Å²) < 4.78 is 0. The largest absolute Gasteiger partial charge is 0.480 e. The van der Waals surface area contributed by atoms with Crippen LogP contribution in [-0.2, 0) is 16.0 Å². The van der Waals surface area contributed by atoms with E-state index in [2.05, 4.69) is 10.3 Å². The Kier molecular flexibility index (Phi) is 5.97. The molecular weight excluding hydrogens is 300 g/mol. The Balaban J connectivity index is 1.88. The molecule has 0 spiro atoms. The lowest BCUT2D eigenvalue weighted by Gasteiger charge is -2.14. The van der Waals surface area contributed by atoms with E-state index in [1.54, 1.807) is 18.3 Å². The van der Waals surface area contributed by atoms with E-state index in [-0.39, 0.29) is 18.1 Å². The van der Waals surface area contributed by atoms with Gasteiger partial charge in [0.2, 0.25) is 5.91 Å². The summed E-state index contributed by atoms with van der Waals surface area (Å²) in [4.78, 5) is 27.3. The fourth-order valence-electron chi connectivity index (χ4n) is 1.86. The van der Waals surface area contributed by atoms with Gasteiger partial charge in [-0.1, -0.05) is 48.2 Å². The van der Waals surface area contributed by atoms with E-state index in [4.69, 9.17) is 0 Å². The number of carboxylic acid groups (broad SMARTS) is 1. The zero-order chi connectivity index (χ0) is 15.8. The molecule has 0 aliphatic heterocycles. The second-order valence-electron chi connectivity index (χ2n) is 4.60. The molecule has 2 aromatic rings. The Morgan fingerprint density at radius 1 is 1.14 bits per heavy atom. The molecule has 1 heterocycles. The number of hydrogen-bond acceptors (Lipinski definition) is 4. The van der Waals surface area contributed by atoms with Crippen molar-refractivity contribution < 1.29 is 14.7 Å². The fourth-order valence-corrected chi connectivity index (χ4v) is 2.53. The van der Waals surface area contributed by atoms with Gasteiger partial charge in [-0.15, -0.1) is 0 Å². The molecule has 5 nitrogen and oxygen atoms in total. The number of carboxylic acids is 1. The third-order valence-corrected chi connectivity index (χ3v) is 3.85. The zero-order valence-corrected chi connectivity index (χ0v) is 12.6. The van der Waals surface area contributed by atoms with Gasteiger partial charge in [0.15, 0.2) is 0 Å². The first-order valence-corrected chi connectivity index (χ1v) is 7.73. The number of pyridine rings is 1. The quantitative estimate of drug-likeness (QED) is 0.764. The van der Waals surface area contributed by atoms with Crippen LogP contribution in [0, 0.1) is 0 Å². The summed E-state index contributed by atoms with van der Waals surface area (Å²) >= 11 is 1.27. The summed E-state index contributed by atoms with van der Waals surface area (Å²) in [5.74, 6) is -1.23. The molecule has 2 rings (SSSR count). The highest BCUT2D eigenvalue weighted by atomic mass is 32.2. The van der Waals surface area contributed by atoms with Crippen molar-refractivity contribution in [3.63, 3.8) is 0 Å². The van der Waals surface area contributed by atoms with Crippen molar-refractivity contribution in [1.29, 1.82) is 0 Å². The lowest BCUT2D eigenvalue weighted by Crippen LogP contribution is -2.43. The first kappa shape index (κ1) is 16.0. The van der Waals surface area contributed by atoms with Gasteiger partial charge >= 0.3 is 5.97 Å². The number of rotatable bonds is 7. The van der Waals surface area contributed by atoms with Crippen LogP contribution < -0.4 is 5.32 Å². The smallest absolute Gasteiger partial charge is 0.326 e. The van der Waals surface area contributed by atoms with Crippen LogP contribution in [0.4, 0.5) is 0 Å². The van der Waals surface area contributed by atoms with E-state index in [1.807, 2.05) is 36.4 Å². The predicted molar refractivity (Wildman–Crippen MR) is 84.7 cm³/mol. The van der Waals surface area contributed by atoms with Gasteiger partial charge in [-0.3, -0.25) is 4.79 Å². The molecule has 22 heavy (non-hydrogen) atoms. The van der Waals surface area contributed by atoms with Crippen molar-refractivity contribution >= 4 is 23.6 Å². The highest BCUT2D eigenvalue weighted by Crippen LogP contribution is 2.13. The number of carbonyl (C=O) groups excluding carboxylic acids is 1. The Morgan fingerprint density at radius 2 is 1.86 bits per heavy atom. The van der Waals surface area contributed by atoms with Gasteiger partial charge in [0.1, 0.15) is 6.04 Å². The van der Waals surface area contributed by atoms with Crippen LogP contribution >= 0.6 is 11.8 Å². The van der Waals surface area contributed by atoms with Crippen molar-refractivity contribution in [2.24, 2.45) is 0 Å². The zero-order valence-electron chi connectivity index (χ0n) is 11.8. The maximum atomic E-state index is 11.9. The Morgan fingerprint density at radius 3 is 2.50 bits per heavy atom. The van der Waals surface area contributed by atoms with Crippen LogP contribution in [0.5, 0.6) is 0 Å². The summed E-state index contributed by atoms with van der Waals surface area (Å²) in [6.07, 6.45) is 1.91. The second kappa shape index (κ2) is 8.19. The SMILES string of the molecule is O=C(CSc1ccccn1)NC(Cc1ccccc1)C(=O)O.